The Morgan fingerprint density at radius 1 is 1.18 bits per heavy atom. The van der Waals surface area contributed by atoms with Crippen LogP contribution in [0.25, 0.3) is 0 Å². The van der Waals surface area contributed by atoms with Gasteiger partial charge >= 0.3 is 0 Å². The minimum Gasteiger partial charge on any atom is -0.382 e. The van der Waals surface area contributed by atoms with Crippen LogP contribution in [0.5, 0.6) is 0 Å². The number of nitrogens with zero attached hydrogens (tertiary/aromatic N) is 1. The Kier molecular flexibility index (Phi) is 7.98. The van der Waals surface area contributed by atoms with Crippen molar-refractivity contribution in [3.63, 3.8) is 0 Å². The SMILES string of the molecule is COCCOCCNC1CCCCCC1C#N. The predicted molar refractivity (Wildman–Crippen MR) is 66.7 cm³/mol. The molecule has 0 heterocycles. The zero-order valence-corrected chi connectivity index (χ0v) is 10.8. The third kappa shape index (κ3) is 6.02. The van der Waals surface area contributed by atoms with E-state index in [1.807, 2.05) is 0 Å². The Morgan fingerprint density at radius 3 is 2.76 bits per heavy atom. The second kappa shape index (κ2) is 9.41. The van der Waals surface area contributed by atoms with Crippen LogP contribution in [-0.2, 0) is 9.47 Å². The van der Waals surface area contributed by atoms with Crippen molar-refractivity contribution < 1.29 is 9.47 Å². The number of rotatable bonds is 7. The number of ether oxygens (including phenoxy) is 2. The average Bonchev–Trinajstić information content (AvgIpc) is 2.58. The lowest BCUT2D eigenvalue weighted by Gasteiger charge is -2.20. The van der Waals surface area contributed by atoms with Crippen LogP contribution in [0, 0.1) is 17.2 Å². The van der Waals surface area contributed by atoms with Crippen molar-refractivity contribution in [1.82, 2.24) is 5.32 Å². The van der Waals surface area contributed by atoms with Crippen molar-refractivity contribution in [1.29, 1.82) is 5.26 Å². The normalized spacial score (nSPS) is 25.2. The molecule has 0 aliphatic heterocycles. The van der Waals surface area contributed by atoms with Gasteiger partial charge in [0.1, 0.15) is 0 Å². The zero-order valence-electron chi connectivity index (χ0n) is 10.8. The fraction of sp³-hybridized carbons (Fsp3) is 0.923. The van der Waals surface area contributed by atoms with Gasteiger partial charge in [-0.25, -0.2) is 0 Å². The maximum absolute atomic E-state index is 9.12. The molecule has 0 bridgehead atoms. The van der Waals surface area contributed by atoms with Crippen molar-refractivity contribution in [3.05, 3.63) is 0 Å². The van der Waals surface area contributed by atoms with Crippen LogP contribution in [0.15, 0.2) is 0 Å². The summed E-state index contributed by atoms with van der Waals surface area (Å²) in [7, 11) is 1.67. The molecule has 0 spiro atoms. The molecular weight excluding hydrogens is 216 g/mol. The molecule has 2 atom stereocenters. The highest BCUT2D eigenvalue weighted by Crippen LogP contribution is 2.22. The molecule has 1 saturated carbocycles. The number of hydrogen-bond acceptors (Lipinski definition) is 4. The minimum atomic E-state index is 0.177. The van der Waals surface area contributed by atoms with E-state index in [2.05, 4.69) is 11.4 Å². The van der Waals surface area contributed by atoms with Gasteiger partial charge in [-0.15, -0.1) is 0 Å². The Bertz CT molecular complexity index is 228. The fourth-order valence-electron chi connectivity index (χ4n) is 2.27. The van der Waals surface area contributed by atoms with Gasteiger partial charge in [-0.2, -0.15) is 5.26 Å². The Morgan fingerprint density at radius 2 is 2.00 bits per heavy atom. The van der Waals surface area contributed by atoms with Gasteiger partial charge in [0.05, 0.1) is 31.8 Å². The van der Waals surface area contributed by atoms with Crippen LogP contribution in [0.1, 0.15) is 32.1 Å². The van der Waals surface area contributed by atoms with Gasteiger partial charge in [0.25, 0.3) is 0 Å². The molecule has 4 nitrogen and oxygen atoms in total. The smallest absolute Gasteiger partial charge is 0.0700 e. The molecule has 1 fully saturated rings. The summed E-state index contributed by atoms with van der Waals surface area (Å²) < 4.78 is 10.3. The Labute approximate surface area is 104 Å². The van der Waals surface area contributed by atoms with Crippen molar-refractivity contribution in [2.45, 2.75) is 38.1 Å². The van der Waals surface area contributed by atoms with E-state index < -0.39 is 0 Å². The summed E-state index contributed by atoms with van der Waals surface area (Å²) in [6.07, 6.45) is 5.86. The van der Waals surface area contributed by atoms with Gasteiger partial charge < -0.3 is 14.8 Å². The van der Waals surface area contributed by atoms with Crippen LogP contribution < -0.4 is 5.32 Å². The summed E-state index contributed by atoms with van der Waals surface area (Å²) in [5, 5.41) is 12.6. The first-order valence-corrected chi connectivity index (χ1v) is 6.58. The topological polar surface area (TPSA) is 54.3 Å². The first-order chi connectivity index (χ1) is 8.38. The predicted octanol–water partition coefficient (Wildman–Crippen LogP) is 1.71. The number of nitrogens with one attached hydrogen (secondary N) is 1. The standard InChI is InChI=1S/C13H24N2O2/c1-16-9-10-17-8-7-15-13-6-4-2-3-5-12(13)11-14/h12-13,15H,2-10H2,1H3. The van der Waals surface area contributed by atoms with Crippen LogP contribution in [-0.4, -0.2) is 39.5 Å². The molecular formula is C13H24N2O2. The van der Waals surface area contributed by atoms with Crippen molar-refractivity contribution in [2.75, 3.05) is 33.5 Å². The quantitative estimate of drug-likeness (QED) is 0.544. The summed E-state index contributed by atoms with van der Waals surface area (Å²) in [5.74, 6) is 0.177. The van der Waals surface area contributed by atoms with E-state index >= 15 is 0 Å². The lowest BCUT2D eigenvalue weighted by Crippen LogP contribution is -2.37. The molecule has 0 aromatic rings. The van der Waals surface area contributed by atoms with Gasteiger partial charge in [-0.05, 0) is 12.8 Å². The maximum Gasteiger partial charge on any atom is 0.0700 e. The van der Waals surface area contributed by atoms with E-state index in [0.717, 1.165) is 19.4 Å². The highest BCUT2D eigenvalue weighted by Gasteiger charge is 2.22. The third-order valence-electron chi connectivity index (χ3n) is 3.27. The number of methoxy groups -OCH3 is 1. The van der Waals surface area contributed by atoms with Gasteiger partial charge in [0, 0.05) is 19.7 Å². The second-order valence-electron chi connectivity index (χ2n) is 4.54. The molecule has 2 unspecified atom stereocenters. The first-order valence-electron chi connectivity index (χ1n) is 6.58. The van der Waals surface area contributed by atoms with E-state index in [9.17, 15) is 0 Å². The van der Waals surface area contributed by atoms with Crippen molar-refractivity contribution >= 4 is 0 Å². The highest BCUT2D eigenvalue weighted by molar-refractivity contribution is 4.93. The summed E-state index contributed by atoms with van der Waals surface area (Å²) in [6, 6.07) is 2.79. The Hall–Kier alpha value is -0.630. The molecule has 1 N–H and O–H groups in total. The van der Waals surface area contributed by atoms with Gasteiger partial charge in [0.2, 0.25) is 0 Å². The van der Waals surface area contributed by atoms with Crippen molar-refractivity contribution in [3.8, 4) is 6.07 Å². The van der Waals surface area contributed by atoms with E-state index in [0.29, 0.717) is 25.9 Å². The van der Waals surface area contributed by atoms with E-state index in [1.54, 1.807) is 7.11 Å². The Balaban J connectivity index is 2.13. The van der Waals surface area contributed by atoms with Crippen LogP contribution in [0.3, 0.4) is 0 Å². The minimum absolute atomic E-state index is 0.177. The number of nitriles is 1. The largest absolute Gasteiger partial charge is 0.382 e. The molecule has 0 saturated heterocycles. The zero-order chi connectivity index (χ0) is 12.3. The van der Waals surface area contributed by atoms with Crippen LogP contribution in [0.2, 0.25) is 0 Å². The summed E-state index contributed by atoms with van der Waals surface area (Å²) >= 11 is 0. The third-order valence-corrected chi connectivity index (χ3v) is 3.27. The highest BCUT2D eigenvalue weighted by atomic mass is 16.5. The molecule has 0 aromatic carbocycles. The van der Waals surface area contributed by atoms with Gasteiger partial charge in [-0.1, -0.05) is 19.3 Å². The van der Waals surface area contributed by atoms with E-state index in [1.165, 1.54) is 19.3 Å². The average molecular weight is 240 g/mol. The molecule has 1 aliphatic carbocycles. The summed E-state index contributed by atoms with van der Waals surface area (Å²) in [4.78, 5) is 0. The molecule has 0 radical (unpaired) electrons. The van der Waals surface area contributed by atoms with Crippen LogP contribution in [0.4, 0.5) is 0 Å². The molecule has 1 rings (SSSR count). The summed E-state index contributed by atoms with van der Waals surface area (Å²) in [5.41, 5.74) is 0. The molecule has 98 valence electrons. The lowest BCUT2D eigenvalue weighted by atomic mass is 9.96. The van der Waals surface area contributed by atoms with Crippen LogP contribution >= 0.6 is 0 Å². The lowest BCUT2D eigenvalue weighted by molar-refractivity contribution is 0.0704. The monoisotopic (exact) mass is 240 g/mol. The van der Waals surface area contributed by atoms with Gasteiger partial charge in [-0.3, -0.25) is 0 Å². The van der Waals surface area contributed by atoms with E-state index in [4.69, 9.17) is 14.7 Å². The maximum atomic E-state index is 9.12. The molecule has 17 heavy (non-hydrogen) atoms. The van der Waals surface area contributed by atoms with E-state index in [-0.39, 0.29) is 5.92 Å². The molecule has 0 amide bonds. The molecule has 1 aliphatic rings. The first kappa shape index (κ1) is 14.4. The van der Waals surface area contributed by atoms with Crippen molar-refractivity contribution in [2.24, 2.45) is 5.92 Å². The summed E-state index contributed by atoms with van der Waals surface area (Å²) in [6.45, 7) is 2.80. The second-order valence-corrected chi connectivity index (χ2v) is 4.54. The number of hydrogen-bond donors (Lipinski definition) is 1. The fourth-order valence-corrected chi connectivity index (χ4v) is 2.27. The van der Waals surface area contributed by atoms with Gasteiger partial charge in [0.15, 0.2) is 0 Å². The molecule has 4 heteroatoms. The molecule has 0 aromatic heterocycles.